The molecule has 0 spiro atoms. The number of aliphatic hydroxyl groups is 1. The molecule has 1 fully saturated rings. The minimum Gasteiger partial charge on any atom is -0.388 e. The Hall–Kier alpha value is -0.940. The lowest BCUT2D eigenvalue weighted by atomic mass is 10.0. The molecule has 1 saturated heterocycles. The van der Waals surface area contributed by atoms with Crippen LogP contribution in [0.4, 0.5) is 0 Å². The summed E-state index contributed by atoms with van der Waals surface area (Å²) in [5.74, 6) is 1.89. The first-order chi connectivity index (χ1) is 7.65. The third kappa shape index (κ3) is 1.85. The van der Waals surface area contributed by atoms with Crippen LogP contribution in [0.5, 0.6) is 0 Å². The SMILES string of the molecule is CC1OCCC1c1nnc(CO)n1C(C)C. The predicted octanol–water partition coefficient (Wildman–Crippen LogP) is 1.24. The molecule has 2 atom stereocenters. The van der Waals surface area contributed by atoms with Gasteiger partial charge < -0.3 is 14.4 Å². The van der Waals surface area contributed by atoms with Gasteiger partial charge >= 0.3 is 0 Å². The highest BCUT2D eigenvalue weighted by Crippen LogP contribution is 2.31. The summed E-state index contributed by atoms with van der Waals surface area (Å²) in [6.45, 7) is 6.94. The van der Waals surface area contributed by atoms with Crippen LogP contribution in [0.15, 0.2) is 0 Å². The van der Waals surface area contributed by atoms with Gasteiger partial charge in [-0.05, 0) is 27.2 Å². The van der Waals surface area contributed by atoms with E-state index in [1.165, 1.54) is 0 Å². The number of aliphatic hydroxyl groups excluding tert-OH is 1. The first kappa shape index (κ1) is 11.5. The average Bonchev–Trinajstić information content (AvgIpc) is 2.82. The van der Waals surface area contributed by atoms with E-state index < -0.39 is 0 Å². The lowest BCUT2D eigenvalue weighted by Gasteiger charge is -2.18. The monoisotopic (exact) mass is 225 g/mol. The summed E-state index contributed by atoms with van der Waals surface area (Å²) in [6.07, 6.45) is 1.17. The van der Waals surface area contributed by atoms with Crippen molar-refractivity contribution in [2.45, 2.75) is 51.9 Å². The minimum atomic E-state index is -0.0624. The molecule has 2 rings (SSSR count). The number of ether oxygens (including phenoxy) is 1. The van der Waals surface area contributed by atoms with Crippen LogP contribution in [0.25, 0.3) is 0 Å². The van der Waals surface area contributed by atoms with Crippen LogP contribution in [0, 0.1) is 0 Å². The van der Waals surface area contributed by atoms with Crippen molar-refractivity contribution in [2.75, 3.05) is 6.61 Å². The van der Waals surface area contributed by atoms with Crippen molar-refractivity contribution in [2.24, 2.45) is 0 Å². The van der Waals surface area contributed by atoms with E-state index in [1.54, 1.807) is 0 Å². The fourth-order valence-corrected chi connectivity index (χ4v) is 2.33. The molecule has 1 aliphatic heterocycles. The summed E-state index contributed by atoms with van der Waals surface area (Å²) in [7, 11) is 0. The Kier molecular flexibility index (Phi) is 3.25. The molecule has 0 aliphatic carbocycles. The normalized spacial score (nSPS) is 25.6. The van der Waals surface area contributed by atoms with Crippen LogP contribution in [0.3, 0.4) is 0 Å². The van der Waals surface area contributed by atoms with E-state index in [0.717, 1.165) is 18.9 Å². The first-order valence-electron chi connectivity index (χ1n) is 5.81. The van der Waals surface area contributed by atoms with Gasteiger partial charge in [0.2, 0.25) is 0 Å². The molecule has 1 aromatic heterocycles. The van der Waals surface area contributed by atoms with Crippen molar-refractivity contribution in [1.29, 1.82) is 0 Å². The summed E-state index contributed by atoms with van der Waals surface area (Å²) >= 11 is 0. The van der Waals surface area contributed by atoms with E-state index >= 15 is 0 Å². The third-order valence-corrected chi connectivity index (χ3v) is 3.16. The molecule has 1 aliphatic rings. The van der Waals surface area contributed by atoms with Crippen LogP contribution in [0.1, 0.15) is 50.8 Å². The molecule has 2 unspecified atom stereocenters. The van der Waals surface area contributed by atoms with Crippen LogP contribution in [-0.2, 0) is 11.3 Å². The maximum atomic E-state index is 9.23. The molecule has 1 N–H and O–H groups in total. The number of hydrogen-bond donors (Lipinski definition) is 1. The molecule has 5 heteroatoms. The summed E-state index contributed by atoms with van der Waals surface area (Å²) < 4.78 is 7.58. The van der Waals surface area contributed by atoms with Gasteiger partial charge in [-0.1, -0.05) is 0 Å². The lowest BCUT2D eigenvalue weighted by molar-refractivity contribution is 0.116. The van der Waals surface area contributed by atoms with Gasteiger partial charge in [-0.25, -0.2) is 0 Å². The fourth-order valence-electron chi connectivity index (χ4n) is 2.33. The highest BCUT2D eigenvalue weighted by molar-refractivity contribution is 5.07. The van der Waals surface area contributed by atoms with Crippen molar-refractivity contribution in [3.05, 3.63) is 11.6 Å². The Labute approximate surface area is 95.4 Å². The van der Waals surface area contributed by atoms with Crippen molar-refractivity contribution in [3.8, 4) is 0 Å². The highest BCUT2D eigenvalue weighted by Gasteiger charge is 2.31. The van der Waals surface area contributed by atoms with E-state index in [-0.39, 0.29) is 18.8 Å². The second-order valence-corrected chi connectivity index (χ2v) is 4.57. The molecular formula is C11H19N3O2. The Morgan fingerprint density at radius 1 is 1.50 bits per heavy atom. The van der Waals surface area contributed by atoms with Crippen molar-refractivity contribution in [3.63, 3.8) is 0 Å². The Balaban J connectivity index is 2.36. The largest absolute Gasteiger partial charge is 0.388 e. The van der Waals surface area contributed by atoms with E-state index in [0.29, 0.717) is 11.7 Å². The lowest BCUT2D eigenvalue weighted by Crippen LogP contribution is -2.18. The molecule has 5 nitrogen and oxygen atoms in total. The zero-order valence-electron chi connectivity index (χ0n) is 10.1. The number of aromatic nitrogens is 3. The molecule has 16 heavy (non-hydrogen) atoms. The number of nitrogens with zero attached hydrogens (tertiary/aromatic N) is 3. The van der Waals surface area contributed by atoms with Crippen molar-refractivity contribution in [1.82, 2.24) is 14.8 Å². The first-order valence-corrected chi connectivity index (χ1v) is 5.81. The van der Waals surface area contributed by atoms with Crippen LogP contribution < -0.4 is 0 Å². The van der Waals surface area contributed by atoms with E-state index in [9.17, 15) is 5.11 Å². The summed E-state index contributed by atoms with van der Waals surface area (Å²) in [4.78, 5) is 0. The van der Waals surface area contributed by atoms with Gasteiger partial charge in [0.25, 0.3) is 0 Å². The standard InChI is InChI=1S/C11H19N3O2/c1-7(2)14-10(6-15)12-13-11(14)9-4-5-16-8(9)3/h7-9,15H,4-6H2,1-3H3. The predicted molar refractivity (Wildman–Crippen MR) is 59.1 cm³/mol. The van der Waals surface area contributed by atoms with Crippen LogP contribution in [0.2, 0.25) is 0 Å². The zero-order valence-corrected chi connectivity index (χ0v) is 10.1. The second-order valence-electron chi connectivity index (χ2n) is 4.57. The third-order valence-electron chi connectivity index (χ3n) is 3.16. The van der Waals surface area contributed by atoms with Gasteiger partial charge in [0.15, 0.2) is 5.82 Å². The second kappa shape index (κ2) is 4.51. The topological polar surface area (TPSA) is 60.2 Å². The molecule has 2 heterocycles. The molecule has 1 aromatic rings. The molecule has 0 saturated carbocycles. The maximum absolute atomic E-state index is 9.23. The van der Waals surface area contributed by atoms with Gasteiger partial charge in [0, 0.05) is 18.6 Å². The molecule has 0 bridgehead atoms. The Morgan fingerprint density at radius 2 is 2.25 bits per heavy atom. The van der Waals surface area contributed by atoms with Gasteiger partial charge in [-0.15, -0.1) is 10.2 Å². The van der Waals surface area contributed by atoms with Gasteiger partial charge in [-0.3, -0.25) is 0 Å². The van der Waals surface area contributed by atoms with E-state index in [2.05, 4.69) is 31.0 Å². The molecule has 0 aromatic carbocycles. The molecule has 0 radical (unpaired) electrons. The Bertz CT molecular complexity index is 362. The fraction of sp³-hybridized carbons (Fsp3) is 0.818. The molecular weight excluding hydrogens is 206 g/mol. The van der Waals surface area contributed by atoms with Gasteiger partial charge in [0.1, 0.15) is 12.4 Å². The molecule has 90 valence electrons. The van der Waals surface area contributed by atoms with Crippen LogP contribution in [-0.4, -0.2) is 32.6 Å². The number of rotatable bonds is 3. The highest BCUT2D eigenvalue weighted by atomic mass is 16.5. The smallest absolute Gasteiger partial charge is 0.159 e. The zero-order chi connectivity index (χ0) is 11.7. The summed E-state index contributed by atoms with van der Waals surface area (Å²) in [5, 5.41) is 17.5. The van der Waals surface area contributed by atoms with Crippen molar-refractivity contribution >= 4 is 0 Å². The Morgan fingerprint density at radius 3 is 2.75 bits per heavy atom. The molecule has 0 amide bonds. The van der Waals surface area contributed by atoms with Crippen molar-refractivity contribution < 1.29 is 9.84 Å². The summed E-state index contributed by atoms with van der Waals surface area (Å²) in [5.41, 5.74) is 0. The van der Waals surface area contributed by atoms with Gasteiger partial charge in [-0.2, -0.15) is 0 Å². The van der Waals surface area contributed by atoms with Gasteiger partial charge in [0.05, 0.1) is 6.10 Å². The number of hydrogen-bond acceptors (Lipinski definition) is 4. The minimum absolute atomic E-state index is 0.0624. The quantitative estimate of drug-likeness (QED) is 0.841. The maximum Gasteiger partial charge on any atom is 0.159 e. The van der Waals surface area contributed by atoms with E-state index in [1.807, 2.05) is 4.57 Å². The average molecular weight is 225 g/mol. The van der Waals surface area contributed by atoms with E-state index in [4.69, 9.17) is 4.74 Å². The van der Waals surface area contributed by atoms with Crippen LogP contribution >= 0.6 is 0 Å². The summed E-state index contributed by atoms with van der Waals surface area (Å²) in [6, 6.07) is 0.264.